The Kier molecular flexibility index (Phi) is 4.21. The van der Waals surface area contributed by atoms with E-state index in [9.17, 15) is 8.42 Å². The Morgan fingerprint density at radius 3 is 2.73 bits per heavy atom. The van der Waals surface area contributed by atoms with E-state index in [1.165, 1.54) is 6.20 Å². The van der Waals surface area contributed by atoms with E-state index in [4.69, 9.17) is 4.84 Å². The first kappa shape index (κ1) is 12.6. The van der Waals surface area contributed by atoms with Crippen LogP contribution in [0.15, 0.2) is 10.4 Å². The van der Waals surface area contributed by atoms with Crippen molar-refractivity contribution in [2.24, 2.45) is 5.92 Å². The molecule has 1 N–H and O–H groups in total. The average Bonchev–Trinajstić information content (AvgIpc) is 2.51. The van der Waals surface area contributed by atoms with E-state index >= 15 is 0 Å². The van der Waals surface area contributed by atoms with Crippen LogP contribution in [0.3, 0.4) is 0 Å². The fourth-order valence-electron chi connectivity index (χ4n) is 0.785. The number of aryl methyl sites for hydroxylation is 1. The summed E-state index contributed by atoms with van der Waals surface area (Å²) >= 11 is 1.11. The first-order valence-corrected chi connectivity index (χ1v) is 6.78. The predicted molar refractivity (Wildman–Crippen MR) is 58.0 cm³/mol. The maximum atomic E-state index is 11.6. The van der Waals surface area contributed by atoms with Crippen LogP contribution >= 0.6 is 11.3 Å². The van der Waals surface area contributed by atoms with Crippen molar-refractivity contribution >= 4 is 21.4 Å². The third-order valence-corrected chi connectivity index (χ3v) is 4.04. The van der Waals surface area contributed by atoms with E-state index in [-0.39, 0.29) is 10.1 Å². The summed E-state index contributed by atoms with van der Waals surface area (Å²) in [5.41, 5.74) is 0. The molecular weight excluding hydrogens is 236 g/mol. The molecule has 0 aliphatic rings. The molecule has 0 unspecified atom stereocenters. The van der Waals surface area contributed by atoms with Gasteiger partial charge in [-0.3, -0.25) is 4.84 Å². The van der Waals surface area contributed by atoms with E-state index in [2.05, 4.69) is 9.87 Å². The van der Waals surface area contributed by atoms with Gasteiger partial charge in [-0.25, -0.2) is 13.4 Å². The minimum absolute atomic E-state index is 0.170. The smallest absolute Gasteiger partial charge is 0.273 e. The molecule has 1 heterocycles. The minimum atomic E-state index is -3.55. The van der Waals surface area contributed by atoms with Gasteiger partial charge in [-0.1, -0.05) is 18.7 Å². The molecule has 0 atom stereocenters. The van der Waals surface area contributed by atoms with E-state index < -0.39 is 10.0 Å². The molecule has 1 rings (SSSR count). The Morgan fingerprint density at radius 2 is 2.27 bits per heavy atom. The molecular formula is C8H14N2O3S2. The lowest BCUT2D eigenvalue weighted by molar-refractivity contribution is 0.0720. The first-order chi connectivity index (χ1) is 6.92. The van der Waals surface area contributed by atoms with Crippen molar-refractivity contribution in [1.29, 1.82) is 0 Å². The van der Waals surface area contributed by atoms with Crippen molar-refractivity contribution in [3.05, 3.63) is 11.2 Å². The second-order valence-corrected chi connectivity index (χ2v) is 6.60. The first-order valence-electron chi connectivity index (χ1n) is 4.48. The second kappa shape index (κ2) is 5.02. The van der Waals surface area contributed by atoms with Crippen LogP contribution in [-0.4, -0.2) is 20.0 Å². The van der Waals surface area contributed by atoms with Gasteiger partial charge in [0.1, 0.15) is 0 Å². The second-order valence-electron chi connectivity index (χ2n) is 3.49. The summed E-state index contributed by atoms with van der Waals surface area (Å²) in [6, 6.07) is 0. The van der Waals surface area contributed by atoms with Gasteiger partial charge in [0.25, 0.3) is 10.0 Å². The zero-order valence-electron chi connectivity index (χ0n) is 8.85. The van der Waals surface area contributed by atoms with Gasteiger partial charge in [0.05, 0.1) is 17.8 Å². The summed E-state index contributed by atoms with van der Waals surface area (Å²) in [5, 5.41) is 0.708. The van der Waals surface area contributed by atoms with Crippen LogP contribution < -0.4 is 4.89 Å². The summed E-state index contributed by atoms with van der Waals surface area (Å²) in [6.07, 6.45) is 1.32. The van der Waals surface area contributed by atoms with Crippen molar-refractivity contribution in [3.63, 3.8) is 0 Å². The molecule has 1 aromatic rings. The maximum absolute atomic E-state index is 11.6. The largest absolute Gasteiger partial charge is 0.287 e. The number of thiazole rings is 1. The number of hydrogen-bond acceptors (Lipinski definition) is 5. The molecule has 0 radical (unpaired) electrons. The molecule has 7 heteroatoms. The Balaban J connectivity index is 2.60. The van der Waals surface area contributed by atoms with E-state index in [0.717, 1.165) is 11.3 Å². The zero-order chi connectivity index (χ0) is 11.5. The predicted octanol–water partition coefficient (Wildman–Crippen LogP) is 1.32. The molecule has 0 spiro atoms. The Bertz CT molecular complexity index is 411. The van der Waals surface area contributed by atoms with Crippen LogP contribution in [0.2, 0.25) is 0 Å². The van der Waals surface area contributed by atoms with Crippen LogP contribution in [0, 0.1) is 12.8 Å². The number of sulfonamides is 1. The van der Waals surface area contributed by atoms with Crippen LogP contribution in [-0.2, 0) is 14.9 Å². The quantitative estimate of drug-likeness (QED) is 0.800. The molecule has 0 saturated heterocycles. The summed E-state index contributed by atoms with van der Waals surface area (Å²) in [5.74, 6) is 0.274. The molecule has 0 aliphatic carbocycles. The highest BCUT2D eigenvalue weighted by Gasteiger charge is 2.17. The van der Waals surface area contributed by atoms with E-state index in [1.807, 2.05) is 13.8 Å². The van der Waals surface area contributed by atoms with Gasteiger partial charge in [0.2, 0.25) is 0 Å². The summed E-state index contributed by atoms with van der Waals surface area (Å²) in [7, 11) is -3.55. The maximum Gasteiger partial charge on any atom is 0.273 e. The fourth-order valence-corrected chi connectivity index (χ4v) is 2.69. The number of hydrogen-bond donors (Lipinski definition) is 1. The zero-order valence-corrected chi connectivity index (χ0v) is 10.5. The third kappa shape index (κ3) is 3.86. The Hall–Kier alpha value is -0.500. The highest BCUT2D eigenvalue weighted by molar-refractivity contribution is 7.91. The van der Waals surface area contributed by atoms with Gasteiger partial charge in [0, 0.05) is 0 Å². The van der Waals surface area contributed by atoms with Crippen LogP contribution in [0.25, 0.3) is 0 Å². The van der Waals surface area contributed by atoms with Crippen molar-refractivity contribution in [2.45, 2.75) is 25.0 Å². The summed E-state index contributed by atoms with van der Waals surface area (Å²) < 4.78 is 23.3. The van der Waals surface area contributed by atoms with Gasteiger partial charge in [-0.15, -0.1) is 11.3 Å². The number of nitrogens with one attached hydrogen (secondary N) is 1. The van der Waals surface area contributed by atoms with Gasteiger partial charge < -0.3 is 0 Å². The van der Waals surface area contributed by atoms with Gasteiger partial charge in [-0.05, 0) is 12.8 Å². The number of nitrogens with zero attached hydrogens (tertiary/aromatic N) is 1. The topological polar surface area (TPSA) is 68.3 Å². The minimum Gasteiger partial charge on any atom is -0.287 e. The lowest BCUT2D eigenvalue weighted by Crippen LogP contribution is -2.25. The molecule has 0 saturated carbocycles. The van der Waals surface area contributed by atoms with Gasteiger partial charge >= 0.3 is 0 Å². The standard InChI is InChI=1S/C8H14N2O3S2/c1-6(2)5-13-10-15(11,12)8-4-9-7(3)14-8/h4,6,10H,5H2,1-3H3. The molecule has 15 heavy (non-hydrogen) atoms. The fraction of sp³-hybridized carbons (Fsp3) is 0.625. The third-order valence-electron chi connectivity index (χ3n) is 1.45. The van der Waals surface area contributed by atoms with Crippen LogP contribution in [0.1, 0.15) is 18.9 Å². The molecule has 5 nitrogen and oxygen atoms in total. The number of aromatic nitrogens is 1. The van der Waals surface area contributed by atoms with E-state index in [0.29, 0.717) is 11.6 Å². The molecule has 0 aromatic carbocycles. The molecule has 0 amide bonds. The SMILES string of the molecule is Cc1ncc(S(=O)(=O)NOCC(C)C)s1. The summed E-state index contributed by atoms with van der Waals surface area (Å²) in [6.45, 7) is 5.96. The number of rotatable bonds is 5. The molecule has 0 bridgehead atoms. The van der Waals surface area contributed by atoms with E-state index in [1.54, 1.807) is 6.92 Å². The van der Waals surface area contributed by atoms with Gasteiger partial charge in [-0.2, -0.15) is 0 Å². The lowest BCUT2D eigenvalue weighted by atomic mass is 10.2. The Labute approximate surface area is 93.5 Å². The van der Waals surface area contributed by atoms with Crippen LogP contribution in [0.4, 0.5) is 0 Å². The average molecular weight is 250 g/mol. The monoisotopic (exact) mass is 250 g/mol. The summed E-state index contributed by atoms with van der Waals surface area (Å²) in [4.78, 5) is 10.8. The normalized spacial score (nSPS) is 12.3. The lowest BCUT2D eigenvalue weighted by Gasteiger charge is -2.06. The van der Waals surface area contributed by atoms with Crippen LogP contribution in [0.5, 0.6) is 0 Å². The molecule has 0 aliphatic heterocycles. The van der Waals surface area contributed by atoms with Crippen molar-refractivity contribution in [1.82, 2.24) is 9.87 Å². The highest BCUT2D eigenvalue weighted by atomic mass is 32.2. The molecule has 86 valence electrons. The van der Waals surface area contributed by atoms with Crippen molar-refractivity contribution < 1.29 is 13.3 Å². The van der Waals surface area contributed by atoms with Gasteiger partial charge in [0.15, 0.2) is 4.21 Å². The molecule has 1 aromatic heterocycles. The van der Waals surface area contributed by atoms with Crippen molar-refractivity contribution in [2.75, 3.05) is 6.61 Å². The Morgan fingerprint density at radius 1 is 1.60 bits per heavy atom. The molecule has 0 fully saturated rings. The van der Waals surface area contributed by atoms with Crippen molar-refractivity contribution in [3.8, 4) is 0 Å². The highest BCUT2D eigenvalue weighted by Crippen LogP contribution is 2.17.